The lowest BCUT2D eigenvalue weighted by Crippen LogP contribution is -2.28. The van der Waals surface area contributed by atoms with Gasteiger partial charge in [-0.2, -0.15) is 0 Å². The van der Waals surface area contributed by atoms with E-state index in [-0.39, 0.29) is 34.9 Å². The summed E-state index contributed by atoms with van der Waals surface area (Å²) in [5, 5.41) is 22.3. The fourth-order valence-electron chi connectivity index (χ4n) is 2.23. The van der Waals surface area contributed by atoms with Crippen molar-refractivity contribution in [3.8, 4) is 0 Å². The van der Waals surface area contributed by atoms with E-state index < -0.39 is 10.9 Å². The van der Waals surface area contributed by atoms with Gasteiger partial charge in [0, 0.05) is 18.7 Å². The Kier molecular flexibility index (Phi) is 4.18. The van der Waals surface area contributed by atoms with E-state index in [0.29, 0.717) is 13.0 Å². The zero-order valence-electron chi connectivity index (χ0n) is 11.2. The molecule has 1 aromatic carbocycles. The van der Waals surface area contributed by atoms with Crippen molar-refractivity contribution in [3.05, 3.63) is 33.9 Å². The molecule has 21 heavy (non-hydrogen) atoms. The van der Waals surface area contributed by atoms with Gasteiger partial charge < -0.3 is 15.2 Å². The second-order valence-corrected chi connectivity index (χ2v) is 4.75. The Balaban J connectivity index is 2.25. The largest absolute Gasteiger partial charge is 0.478 e. The van der Waals surface area contributed by atoms with Crippen molar-refractivity contribution in [2.45, 2.75) is 19.4 Å². The smallest absolute Gasteiger partial charge is 0.338 e. The van der Waals surface area contributed by atoms with Crippen molar-refractivity contribution in [3.63, 3.8) is 0 Å². The summed E-state index contributed by atoms with van der Waals surface area (Å²) >= 11 is 0. The molecule has 2 rings (SSSR count). The van der Waals surface area contributed by atoms with Gasteiger partial charge in [0.15, 0.2) is 0 Å². The number of anilines is 1. The molecule has 1 aromatic rings. The molecule has 2 N–H and O–H groups in total. The Morgan fingerprint density at radius 1 is 1.48 bits per heavy atom. The van der Waals surface area contributed by atoms with Crippen LogP contribution in [0.1, 0.15) is 23.7 Å². The van der Waals surface area contributed by atoms with Crippen LogP contribution in [0.3, 0.4) is 0 Å². The van der Waals surface area contributed by atoms with Crippen LogP contribution >= 0.6 is 0 Å². The molecule has 0 aliphatic carbocycles. The van der Waals surface area contributed by atoms with Crippen LogP contribution in [0.2, 0.25) is 0 Å². The SMILES string of the molecule is CC1OCCC1C(=O)Nc1ccc([N+](=O)[O-])cc1C(=O)O. The summed E-state index contributed by atoms with van der Waals surface area (Å²) in [6.07, 6.45) is 0.318. The number of benzene rings is 1. The molecule has 0 saturated carbocycles. The first-order valence-electron chi connectivity index (χ1n) is 6.34. The number of rotatable bonds is 4. The van der Waals surface area contributed by atoms with Crippen molar-refractivity contribution >= 4 is 23.3 Å². The second-order valence-electron chi connectivity index (χ2n) is 4.75. The Hall–Kier alpha value is -2.48. The Morgan fingerprint density at radius 2 is 2.19 bits per heavy atom. The average Bonchev–Trinajstić information content (AvgIpc) is 2.85. The highest BCUT2D eigenvalue weighted by Crippen LogP contribution is 2.26. The lowest BCUT2D eigenvalue weighted by Gasteiger charge is -2.15. The number of carboxylic acids is 1. The summed E-state index contributed by atoms with van der Waals surface area (Å²) in [6, 6.07) is 3.29. The highest BCUT2D eigenvalue weighted by molar-refractivity contribution is 6.01. The van der Waals surface area contributed by atoms with Gasteiger partial charge in [-0.3, -0.25) is 14.9 Å². The topological polar surface area (TPSA) is 119 Å². The summed E-state index contributed by atoms with van der Waals surface area (Å²) in [5.41, 5.74) is -0.621. The highest BCUT2D eigenvalue weighted by Gasteiger charge is 2.31. The minimum Gasteiger partial charge on any atom is -0.478 e. The number of aromatic carboxylic acids is 1. The first-order valence-corrected chi connectivity index (χ1v) is 6.34. The molecule has 112 valence electrons. The molecule has 2 atom stereocenters. The number of nitro benzene ring substituents is 1. The monoisotopic (exact) mass is 294 g/mol. The van der Waals surface area contributed by atoms with Crippen LogP contribution in [-0.2, 0) is 9.53 Å². The van der Waals surface area contributed by atoms with Crippen LogP contribution in [-0.4, -0.2) is 34.6 Å². The van der Waals surface area contributed by atoms with Crippen LogP contribution in [0.5, 0.6) is 0 Å². The number of nitrogens with one attached hydrogen (secondary N) is 1. The van der Waals surface area contributed by atoms with Gasteiger partial charge in [0.2, 0.25) is 5.91 Å². The maximum atomic E-state index is 12.1. The minimum atomic E-state index is -1.34. The standard InChI is InChI=1S/C13H14N2O6/c1-7-9(4-5-21-7)12(16)14-11-3-2-8(15(19)20)6-10(11)13(17)18/h2-3,6-7,9H,4-5H2,1H3,(H,14,16)(H,17,18). The van der Waals surface area contributed by atoms with Crippen molar-refractivity contribution in [1.29, 1.82) is 0 Å². The van der Waals surface area contributed by atoms with Crippen LogP contribution < -0.4 is 5.32 Å². The molecule has 8 heteroatoms. The predicted octanol–water partition coefficient (Wildman–Crippen LogP) is 1.66. The number of carboxylic acid groups (broad SMARTS) is 1. The van der Waals surface area contributed by atoms with Gasteiger partial charge in [0.1, 0.15) is 0 Å². The molecule has 0 aromatic heterocycles. The van der Waals surface area contributed by atoms with E-state index in [9.17, 15) is 19.7 Å². The number of hydrogen-bond donors (Lipinski definition) is 2. The maximum absolute atomic E-state index is 12.1. The highest BCUT2D eigenvalue weighted by atomic mass is 16.6. The van der Waals surface area contributed by atoms with Gasteiger partial charge in [0.25, 0.3) is 5.69 Å². The van der Waals surface area contributed by atoms with E-state index >= 15 is 0 Å². The van der Waals surface area contributed by atoms with E-state index in [1.807, 2.05) is 0 Å². The van der Waals surface area contributed by atoms with E-state index in [1.54, 1.807) is 6.92 Å². The minimum absolute atomic E-state index is 0.0391. The number of nitrogens with zero attached hydrogens (tertiary/aromatic N) is 1. The van der Waals surface area contributed by atoms with Gasteiger partial charge in [0.05, 0.1) is 28.2 Å². The quantitative estimate of drug-likeness (QED) is 0.643. The molecule has 0 radical (unpaired) electrons. The van der Waals surface area contributed by atoms with Crippen molar-refractivity contribution in [2.75, 3.05) is 11.9 Å². The molecule has 1 aliphatic rings. The molecule has 1 fully saturated rings. The van der Waals surface area contributed by atoms with Crippen LogP contribution in [0.4, 0.5) is 11.4 Å². The summed E-state index contributed by atoms with van der Waals surface area (Å²) in [5.74, 6) is -2.05. The number of nitro groups is 1. The second kappa shape index (κ2) is 5.88. The number of carbonyl (C=O) groups excluding carboxylic acids is 1. The van der Waals surface area contributed by atoms with E-state index in [1.165, 1.54) is 6.07 Å². The lowest BCUT2D eigenvalue weighted by molar-refractivity contribution is -0.384. The molecule has 8 nitrogen and oxygen atoms in total. The first kappa shape index (κ1) is 14.9. The third-order valence-electron chi connectivity index (χ3n) is 3.42. The first-order chi connectivity index (χ1) is 9.90. The fraction of sp³-hybridized carbons (Fsp3) is 0.385. The molecule has 2 unspecified atom stereocenters. The zero-order chi connectivity index (χ0) is 15.6. The van der Waals surface area contributed by atoms with E-state index in [2.05, 4.69) is 5.32 Å². The van der Waals surface area contributed by atoms with Gasteiger partial charge in [-0.15, -0.1) is 0 Å². The molecule has 1 amide bonds. The van der Waals surface area contributed by atoms with Crippen molar-refractivity contribution < 1.29 is 24.4 Å². The summed E-state index contributed by atoms with van der Waals surface area (Å²) in [6.45, 7) is 2.25. The molecular formula is C13H14N2O6. The van der Waals surface area contributed by atoms with Gasteiger partial charge in [-0.25, -0.2) is 4.79 Å². The number of non-ortho nitro benzene ring substituents is 1. The summed E-state index contributed by atoms with van der Waals surface area (Å²) in [7, 11) is 0. The number of ether oxygens (including phenoxy) is 1. The molecule has 1 heterocycles. The average molecular weight is 294 g/mol. The van der Waals surface area contributed by atoms with Gasteiger partial charge in [-0.05, 0) is 19.4 Å². The van der Waals surface area contributed by atoms with Crippen LogP contribution in [0, 0.1) is 16.0 Å². The van der Waals surface area contributed by atoms with E-state index in [4.69, 9.17) is 9.84 Å². The van der Waals surface area contributed by atoms with E-state index in [0.717, 1.165) is 12.1 Å². The Bertz CT molecular complexity index is 600. The van der Waals surface area contributed by atoms with Crippen molar-refractivity contribution in [2.24, 2.45) is 5.92 Å². The molecule has 1 aliphatic heterocycles. The van der Waals surface area contributed by atoms with Crippen LogP contribution in [0.25, 0.3) is 0 Å². The van der Waals surface area contributed by atoms with Crippen LogP contribution in [0.15, 0.2) is 18.2 Å². The van der Waals surface area contributed by atoms with Gasteiger partial charge in [-0.1, -0.05) is 0 Å². The molecule has 1 saturated heterocycles. The number of carbonyl (C=O) groups is 2. The normalized spacial score (nSPS) is 21.0. The lowest BCUT2D eigenvalue weighted by atomic mass is 10.0. The number of hydrogen-bond acceptors (Lipinski definition) is 5. The summed E-state index contributed by atoms with van der Waals surface area (Å²) in [4.78, 5) is 33.2. The third kappa shape index (κ3) is 3.16. The molecule has 0 bridgehead atoms. The Labute approximate surface area is 119 Å². The molecule has 0 spiro atoms. The maximum Gasteiger partial charge on any atom is 0.338 e. The third-order valence-corrected chi connectivity index (χ3v) is 3.42. The zero-order valence-corrected chi connectivity index (χ0v) is 11.2. The molecular weight excluding hydrogens is 280 g/mol. The fourth-order valence-corrected chi connectivity index (χ4v) is 2.23. The predicted molar refractivity (Wildman–Crippen MR) is 72.2 cm³/mol. The van der Waals surface area contributed by atoms with Crippen molar-refractivity contribution in [1.82, 2.24) is 0 Å². The van der Waals surface area contributed by atoms with Gasteiger partial charge >= 0.3 is 5.97 Å². The summed E-state index contributed by atoms with van der Waals surface area (Å²) < 4.78 is 5.29. The number of amides is 1. The Morgan fingerprint density at radius 3 is 2.71 bits per heavy atom.